The van der Waals surface area contributed by atoms with Crippen LogP contribution in [0.25, 0.3) is 0 Å². The third kappa shape index (κ3) is 4.66. The van der Waals surface area contributed by atoms with Gasteiger partial charge in [-0.2, -0.15) is 0 Å². The van der Waals surface area contributed by atoms with Gasteiger partial charge < -0.3 is 9.64 Å². The molecule has 0 bridgehead atoms. The van der Waals surface area contributed by atoms with Gasteiger partial charge in [0.05, 0.1) is 4.92 Å². The molecule has 0 heterocycles. The number of para-hydroxylation sites is 1. The second kappa shape index (κ2) is 8.24. The molecule has 0 saturated carbocycles. The van der Waals surface area contributed by atoms with Gasteiger partial charge in [0.25, 0.3) is 11.6 Å². The van der Waals surface area contributed by atoms with E-state index in [1.807, 2.05) is 31.2 Å². The third-order valence-electron chi connectivity index (χ3n) is 3.93. The van der Waals surface area contributed by atoms with E-state index in [2.05, 4.69) is 0 Å². The van der Waals surface area contributed by atoms with E-state index in [-0.39, 0.29) is 11.3 Å². The normalized spacial score (nSPS) is 10.3. The number of hydrogen-bond acceptors (Lipinski definition) is 5. The second-order valence-electron chi connectivity index (χ2n) is 6.04. The third-order valence-corrected chi connectivity index (χ3v) is 3.93. The van der Waals surface area contributed by atoms with Crippen LogP contribution in [-0.4, -0.2) is 35.4 Å². The number of nitro benzene ring substituents is 1. The van der Waals surface area contributed by atoms with Crippen LogP contribution in [0.15, 0.2) is 42.5 Å². The maximum Gasteiger partial charge on any atom is 0.345 e. The van der Waals surface area contributed by atoms with Gasteiger partial charge in [-0.25, -0.2) is 4.79 Å². The van der Waals surface area contributed by atoms with Crippen LogP contribution in [0, 0.1) is 24.0 Å². The van der Waals surface area contributed by atoms with Crippen LogP contribution in [0.3, 0.4) is 0 Å². The number of carbonyl (C=O) groups excluding carboxylic acids is 2. The molecular formula is C19H20N2O5. The monoisotopic (exact) mass is 356 g/mol. The van der Waals surface area contributed by atoms with Crippen molar-refractivity contribution >= 4 is 17.6 Å². The number of benzene rings is 2. The van der Waals surface area contributed by atoms with Crippen molar-refractivity contribution < 1.29 is 19.2 Å². The van der Waals surface area contributed by atoms with E-state index in [0.29, 0.717) is 12.1 Å². The van der Waals surface area contributed by atoms with Crippen molar-refractivity contribution in [3.8, 4) is 0 Å². The molecule has 2 aromatic rings. The number of likely N-dealkylation sites (N-methyl/N-ethyl adjacent to an activating group) is 1. The zero-order valence-electron chi connectivity index (χ0n) is 14.9. The summed E-state index contributed by atoms with van der Waals surface area (Å²) in [7, 11) is 1.60. The summed E-state index contributed by atoms with van der Waals surface area (Å²) in [4.78, 5) is 36.2. The van der Waals surface area contributed by atoms with Crippen molar-refractivity contribution in [3.05, 3.63) is 74.8 Å². The molecular weight excluding hydrogens is 336 g/mol. The number of esters is 1. The van der Waals surface area contributed by atoms with E-state index < -0.39 is 23.4 Å². The fourth-order valence-electron chi connectivity index (χ4n) is 2.44. The molecule has 7 heteroatoms. The molecule has 0 radical (unpaired) electrons. The molecule has 1 amide bonds. The van der Waals surface area contributed by atoms with Crippen LogP contribution < -0.4 is 0 Å². The Morgan fingerprint density at radius 3 is 2.38 bits per heavy atom. The largest absolute Gasteiger partial charge is 0.452 e. The summed E-state index contributed by atoms with van der Waals surface area (Å²) in [5.74, 6) is -1.29. The van der Waals surface area contributed by atoms with Crippen LogP contribution in [-0.2, 0) is 16.1 Å². The highest BCUT2D eigenvalue weighted by atomic mass is 16.6. The number of rotatable bonds is 6. The molecule has 2 aromatic carbocycles. The summed E-state index contributed by atoms with van der Waals surface area (Å²) < 4.78 is 4.98. The summed E-state index contributed by atoms with van der Waals surface area (Å²) >= 11 is 0. The highest BCUT2D eigenvalue weighted by Crippen LogP contribution is 2.23. The number of carbonyl (C=O) groups is 2. The SMILES string of the molecule is Cc1ccc(CN(C)C(=O)COC(=O)c2cccc(C)c2[N+](=O)[O-])cc1. The van der Waals surface area contributed by atoms with Crippen molar-refractivity contribution in [1.29, 1.82) is 0 Å². The van der Waals surface area contributed by atoms with Gasteiger partial charge in [-0.3, -0.25) is 14.9 Å². The van der Waals surface area contributed by atoms with E-state index in [1.54, 1.807) is 7.05 Å². The number of aryl methyl sites for hydroxylation is 2. The van der Waals surface area contributed by atoms with Crippen molar-refractivity contribution in [1.82, 2.24) is 4.90 Å². The molecule has 0 N–H and O–H groups in total. The van der Waals surface area contributed by atoms with Crippen molar-refractivity contribution in [3.63, 3.8) is 0 Å². The standard InChI is InChI=1S/C19H20N2O5/c1-13-7-9-15(10-8-13)11-20(3)17(22)12-26-19(23)16-6-4-5-14(2)18(16)21(24)25/h4-10H,11-12H2,1-3H3. The van der Waals surface area contributed by atoms with E-state index in [1.165, 1.54) is 30.0 Å². The van der Waals surface area contributed by atoms with E-state index in [4.69, 9.17) is 4.74 Å². The number of nitrogens with zero attached hydrogens (tertiary/aromatic N) is 2. The minimum Gasteiger partial charge on any atom is -0.452 e. The quantitative estimate of drug-likeness (QED) is 0.451. The molecule has 0 aliphatic heterocycles. The second-order valence-corrected chi connectivity index (χ2v) is 6.04. The Balaban J connectivity index is 1.98. The van der Waals surface area contributed by atoms with Crippen LogP contribution in [0.4, 0.5) is 5.69 Å². The topological polar surface area (TPSA) is 89.8 Å². The van der Waals surface area contributed by atoms with Crippen LogP contribution >= 0.6 is 0 Å². The van der Waals surface area contributed by atoms with Crippen LogP contribution in [0.2, 0.25) is 0 Å². The average molecular weight is 356 g/mol. The van der Waals surface area contributed by atoms with Gasteiger partial charge in [0, 0.05) is 19.2 Å². The lowest BCUT2D eigenvalue weighted by Gasteiger charge is -2.17. The maximum atomic E-state index is 12.2. The Kier molecular flexibility index (Phi) is 6.06. The predicted octanol–water partition coefficient (Wildman–Crippen LogP) is 3.03. The van der Waals surface area contributed by atoms with Crippen LogP contribution in [0.1, 0.15) is 27.0 Å². The fourth-order valence-corrected chi connectivity index (χ4v) is 2.44. The Labute approximate surface area is 151 Å². The smallest absolute Gasteiger partial charge is 0.345 e. The first-order valence-electron chi connectivity index (χ1n) is 8.00. The lowest BCUT2D eigenvalue weighted by Crippen LogP contribution is -2.30. The van der Waals surface area contributed by atoms with Gasteiger partial charge in [0.1, 0.15) is 5.56 Å². The molecule has 0 saturated heterocycles. The molecule has 7 nitrogen and oxygen atoms in total. The molecule has 0 fully saturated rings. The van der Waals surface area contributed by atoms with Gasteiger partial charge in [-0.05, 0) is 25.5 Å². The van der Waals surface area contributed by atoms with Crippen molar-refractivity contribution in [2.75, 3.05) is 13.7 Å². The minimum absolute atomic E-state index is 0.163. The van der Waals surface area contributed by atoms with Gasteiger partial charge in [0.15, 0.2) is 6.61 Å². The van der Waals surface area contributed by atoms with Gasteiger partial charge in [-0.1, -0.05) is 42.0 Å². The van der Waals surface area contributed by atoms with E-state index in [0.717, 1.165) is 11.1 Å². The Hall–Kier alpha value is -3.22. The molecule has 0 unspecified atom stereocenters. The van der Waals surface area contributed by atoms with E-state index in [9.17, 15) is 19.7 Å². The highest BCUT2D eigenvalue weighted by Gasteiger charge is 2.24. The first kappa shape index (κ1) is 19.1. The van der Waals surface area contributed by atoms with Gasteiger partial charge in [0.2, 0.25) is 0 Å². The summed E-state index contributed by atoms with van der Waals surface area (Å²) in [6, 6.07) is 12.1. The Morgan fingerprint density at radius 1 is 1.12 bits per heavy atom. The molecule has 0 aliphatic rings. The molecule has 0 aliphatic carbocycles. The van der Waals surface area contributed by atoms with Crippen molar-refractivity contribution in [2.24, 2.45) is 0 Å². The molecule has 136 valence electrons. The average Bonchev–Trinajstić information content (AvgIpc) is 2.60. The minimum atomic E-state index is -0.891. The predicted molar refractivity (Wildman–Crippen MR) is 95.8 cm³/mol. The summed E-state index contributed by atoms with van der Waals surface area (Å²) in [5.41, 5.74) is 1.96. The maximum absolute atomic E-state index is 12.2. The molecule has 26 heavy (non-hydrogen) atoms. The number of amides is 1. The Bertz CT molecular complexity index is 830. The first-order valence-corrected chi connectivity index (χ1v) is 8.00. The molecule has 2 rings (SSSR count). The number of hydrogen-bond donors (Lipinski definition) is 0. The van der Waals surface area contributed by atoms with Gasteiger partial charge in [-0.15, -0.1) is 0 Å². The summed E-state index contributed by atoms with van der Waals surface area (Å²) in [6.45, 7) is 3.41. The first-order chi connectivity index (χ1) is 12.3. The van der Waals surface area contributed by atoms with Crippen molar-refractivity contribution in [2.45, 2.75) is 20.4 Å². The van der Waals surface area contributed by atoms with Gasteiger partial charge >= 0.3 is 5.97 Å². The molecule has 0 spiro atoms. The highest BCUT2D eigenvalue weighted by molar-refractivity contribution is 5.95. The molecule has 0 aromatic heterocycles. The van der Waals surface area contributed by atoms with Crippen LogP contribution in [0.5, 0.6) is 0 Å². The number of nitro groups is 1. The Morgan fingerprint density at radius 2 is 1.77 bits per heavy atom. The lowest BCUT2D eigenvalue weighted by molar-refractivity contribution is -0.385. The lowest BCUT2D eigenvalue weighted by atomic mass is 10.1. The molecule has 0 atom stereocenters. The number of ether oxygens (including phenoxy) is 1. The fraction of sp³-hybridized carbons (Fsp3) is 0.263. The summed E-state index contributed by atoms with van der Waals surface area (Å²) in [5, 5.41) is 11.1. The zero-order valence-corrected chi connectivity index (χ0v) is 14.9. The zero-order chi connectivity index (χ0) is 19.3. The summed E-state index contributed by atoms with van der Waals surface area (Å²) in [6.07, 6.45) is 0. The van der Waals surface area contributed by atoms with E-state index >= 15 is 0 Å².